The summed E-state index contributed by atoms with van der Waals surface area (Å²) in [5.74, 6) is 0. The lowest BCUT2D eigenvalue weighted by Crippen LogP contribution is -2.24. The Labute approximate surface area is 89.1 Å². The van der Waals surface area contributed by atoms with E-state index in [0.717, 1.165) is 11.3 Å². The van der Waals surface area contributed by atoms with Gasteiger partial charge in [0.15, 0.2) is 0 Å². The second kappa shape index (κ2) is 4.45. The van der Waals surface area contributed by atoms with Crippen LogP contribution in [0, 0.1) is 0 Å². The van der Waals surface area contributed by atoms with Crippen LogP contribution in [0.3, 0.4) is 0 Å². The molecule has 0 fully saturated rings. The Hall–Kier alpha value is -0.350. The number of hydrogen-bond donors (Lipinski definition) is 0. The average Bonchev–Trinajstić information content (AvgIpc) is 2.17. The molecule has 0 atom stereocenters. The predicted octanol–water partition coefficient (Wildman–Crippen LogP) is 3.78. The van der Waals surface area contributed by atoms with Gasteiger partial charge < -0.3 is 0 Å². The van der Waals surface area contributed by atoms with Crippen molar-refractivity contribution in [2.24, 2.45) is 0 Å². The Morgan fingerprint density at radius 2 is 1.29 bits per heavy atom. The molecule has 0 N–H and O–H groups in total. The van der Waals surface area contributed by atoms with Crippen molar-refractivity contribution in [1.82, 2.24) is 0 Å². The smallest absolute Gasteiger partial charge is 0.0620 e. The van der Waals surface area contributed by atoms with Gasteiger partial charge in [0, 0.05) is 7.26 Å². The van der Waals surface area contributed by atoms with Crippen molar-refractivity contribution >= 4 is 12.6 Å². The van der Waals surface area contributed by atoms with Gasteiger partial charge in [-0.25, -0.2) is 0 Å². The SMILES string of the molecule is CC(C)[P+](C)(c1ccccc1)C(C)C. The highest BCUT2D eigenvalue weighted by Crippen LogP contribution is 2.62. The van der Waals surface area contributed by atoms with Crippen LogP contribution < -0.4 is 5.30 Å². The van der Waals surface area contributed by atoms with Crippen LogP contribution in [0.1, 0.15) is 27.7 Å². The lowest BCUT2D eigenvalue weighted by molar-refractivity contribution is 0.998. The first-order valence-corrected chi connectivity index (χ1v) is 7.78. The highest BCUT2D eigenvalue weighted by atomic mass is 31.2. The van der Waals surface area contributed by atoms with Gasteiger partial charge in [0.2, 0.25) is 0 Å². The number of benzene rings is 1. The zero-order valence-electron chi connectivity index (χ0n) is 9.99. The van der Waals surface area contributed by atoms with Gasteiger partial charge in [0.1, 0.15) is 0 Å². The Bertz CT molecular complexity index is 267. The molecule has 14 heavy (non-hydrogen) atoms. The summed E-state index contributed by atoms with van der Waals surface area (Å²) in [4.78, 5) is 0. The molecule has 0 radical (unpaired) electrons. The molecule has 0 spiro atoms. The molecule has 78 valence electrons. The van der Waals surface area contributed by atoms with Crippen LogP contribution in [0.25, 0.3) is 0 Å². The van der Waals surface area contributed by atoms with Crippen molar-refractivity contribution in [3.05, 3.63) is 30.3 Å². The molecule has 0 saturated carbocycles. The molecule has 1 aromatic carbocycles. The molecule has 0 aromatic heterocycles. The maximum absolute atomic E-state index is 2.48. The third kappa shape index (κ3) is 2.01. The Kier molecular flexibility index (Phi) is 3.72. The molecule has 0 heterocycles. The van der Waals surface area contributed by atoms with Crippen LogP contribution in [-0.2, 0) is 0 Å². The van der Waals surface area contributed by atoms with Gasteiger partial charge in [0.05, 0.1) is 23.3 Å². The second-order valence-electron chi connectivity index (χ2n) is 4.67. The highest BCUT2D eigenvalue weighted by Gasteiger charge is 2.41. The van der Waals surface area contributed by atoms with Crippen LogP contribution in [0.5, 0.6) is 0 Å². The normalized spacial score (nSPS) is 12.5. The molecule has 1 heteroatoms. The van der Waals surface area contributed by atoms with Gasteiger partial charge in [-0.3, -0.25) is 0 Å². The zero-order valence-corrected chi connectivity index (χ0v) is 10.9. The van der Waals surface area contributed by atoms with Gasteiger partial charge in [-0.15, -0.1) is 0 Å². The minimum absolute atomic E-state index is 0.782. The van der Waals surface area contributed by atoms with E-state index in [-0.39, 0.29) is 0 Å². The van der Waals surface area contributed by atoms with Crippen LogP contribution >= 0.6 is 7.26 Å². The molecule has 0 nitrogen and oxygen atoms in total. The van der Waals surface area contributed by atoms with E-state index >= 15 is 0 Å². The van der Waals surface area contributed by atoms with Crippen molar-refractivity contribution < 1.29 is 0 Å². The Balaban J connectivity index is 3.13. The van der Waals surface area contributed by atoms with Crippen molar-refractivity contribution in [1.29, 1.82) is 0 Å². The minimum atomic E-state index is -0.966. The molecule has 1 aromatic rings. The molecule has 0 aliphatic carbocycles. The topological polar surface area (TPSA) is 0 Å². The van der Waals surface area contributed by atoms with E-state index in [1.807, 2.05) is 0 Å². The first-order valence-electron chi connectivity index (χ1n) is 5.41. The van der Waals surface area contributed by atoms with E-state index in [4.69, 9.17) is 0 Å². The lowest BCUT2D eigenvalue weighted by atomic mass is 10.4. The van der Waals surface area contributed by atoms with Crippen LogP contribution in [0.4, 0.5) is 0 Å². The van der Waals surface area contributed by atoms with E-state index in [2.05, 4.69) is 64.7 Å². The lowest BCUT2D eigenvalue weighted by Gasteiger charge is -2.30. The largest absolute Gasteiger partial charge is 0.0941 e. The summed E-state index contributed by atoms with van der Waals surface area (Å²) >= 11 is 0. The Morgan fingerprint density at radius 3 is 1.64 bits per heavy atom. The number of rotatable bonds is 3. The van der Waals surface area contributed by atoms with Gasteiger partial charge in [0.25, 0.3) is 0 Å². The fourth-order valence-corrected chi connectivity index (χ4v) is 5.14. The highest BCUT2D eigenvalue weighted by molar-refractivity contribution is 7.83. The maximum Gasteiger partial charge on any atom is 0.0941 e. The summed E-state index contributed by atoms with van der Waals surface area (Å²) in [5.41, 5.74) is 1.56. The molecular formula is C13H22P+. The molecule has 0 amide bonds. The van der Waals surface area contributed by atoms with Crippen molar-refractivity contribution in [2.45, 2.75) is 39.0 Å². The summed E-state index contributed by atoms with van der Waals surface area (Å²) in [5, 5.41) is 1.57. The average molecular weight is 209 g/mol. The van der Waals surface area contributed by atoms with E-state index in [0.29, 0.717) is 0 Å². The molecule has 0 unspecified atom stereocenters. The summed E-state index contributed by atoms with van der Waals surface area (Å²) in [7, 11) is -0.966. The molecule has 0 aliphatic rings. The fourth-order valence-electron chi connectivity index (χ4n) is 1.94. The van der Waals surface area contributed by atoms with E-state index in [9.17, 15) is 0 Å². The van der Waals surface area contributed by atoms with E-state index in [1.165, 1.54) is 0 Å². The Morgan fingerprint density at radius 1 is 0.857 bits per heavy atom. The third-order valence-corrected chi connectivity index (χ3v) is 9.16. The maximum atomic E-state index is 2.48. The molecular weight excluding hydrogens is 187 g/mol. The second-order valence-corrected chi connectivity index (χ2v) is 9.55. The van der Waals surface area contributed by atoms with Crippen LogP contribution in [0.2, 0.25) is 0 Å². The molecule has 1 rings (SSSR count). The monoisotopic (exact) mass is 209 g/mol. The van der Waals surface area contributed by atoms with E-state index in [1.54, 1.807) is 5.30 Å². The van der Waals surface area contributed by atoms with E-state index < -0.39 is 7.26 Å². The zero-order chi connectivity index (χ0) is 10.8. The van der Waals surface area contributed by atoms with Crippen molar-refractivity contribution in [3.8, 4) is 0 Å². The van der Waals surface area contributed by atoms with Crippen molar-refractivity contribution in [2.75, 3.05) is 6.66 Å². The first-order chi connectivity index (χ1) is 6.49. The minimum Gasteiger partial charge on any atom is -0.0620 e. The van der Waals surface area contributed by atoms with Gasteiger partial charge in [-0.2, -0.15) is 0 Å². The van der Waals surface area contributed by atoms with Gasteiger partial charge >= 0.3 is 0 Å². The standard InChI is InChI=1S/C13H22P/c1-11(2)14(5,12(3)4)13-9-7-6-8-10-13/h6-12H,1-5H3/q+1. The van der Waals surface area contributed by atoms with Gasteiger partial charge in [-0.05, 0) is 39.8 Å². The fraction of sp³-hybridized carbons (Fsp3) is 0.538. The quantitative estimate of drug-likeness (QED) is 0.665. The van der Waals surface area contributed by atoms with Crippen LogP contribution in [0.15, 0.2) is 30.3 Å². The number of hydrogen-bond acceptors (Lipinski definition) is 0. The molecule has 0 saturated heterocycles. The molecule has 0 bridgehead atoms. The predicted molar refractivity (Wildman–Crippen MR) is 69.2 cm³/mol. The summed E-state index contributed by atoms with van der Waals surface area (Å²) in [6, 6.07) is 11.0. The molecule has 0 aliphatic heterocycles. The van der Waals surface area contributed by atoms with Gasteiger partial charge in [-0.1, -0.05) is 18.2 Å². The van der Waals surface area contributed by atoms with Crippen molar-refractivity contribution in [3.63, 3.8) is 0 Å². The van der Waals surface area contributed by atoms with Crippen LogP contribution in [-0.4, -0.2) is 18.0 Å². The summed E-state index contributed by atoms with van der Waals surface area (Å²) in [6.07, 6.45) is 0. The first kappa shape index (κ1) is 11.7. The summed E-state index contributed by atoms with van der Waals surface area (Å²) in [6.45, 7) is 11.9. The third-order valence-electron chi connectivity index (χ3n) is 3.46. The summed E-state index contributed by atoms with van der Waals surface area (Å²) < 4.78 is 0.